The zero-order valence-electron chi connectivity index (χ0n) is 13.1. The molecule has 0 atom stereocenters. The number of nitrogens with zero attached hydrogens (tertiary/aromatic N) is 1. The summed E-state index contributed by atoms with van der Waals surface area (Å²) in [6.45, 7) is 3.16. The third kappa shape index (κ3) is 5.46. The first-order chi connectivity index (χ1) is 10.6. The van der Waals surface area contributed by atoms with Gasteiger partial charge in [-0.15, -0.1) is 0 Å². The van der Waals surface area contributed by atoms with Crippen LogP contribution in [0.4, 0.5) is 5.69 Å². The van der Waals surface area contributed by atoms with Crippen molar-refractivity contribution in [3.8, 4) is 11.8 Å². The summed E-state index contributed by atoms with van der Waals surface area (Å²) in [6.07, 6.45) is 2.20. The van der Waals surface area contributed by atoms with Gasteiger partial charge in [0.1, 0.15) is 17.4 Å². The molecule has 0 saturated carbocycles. The lowest BCUT2D eigenvalue weighted by Crippen LogP contribution is -2.18. The SMILES string of the molecule is COCCCN/C=C(/C#N)C(=O)Nc1cc(C)ccc1OC. The van der Waals surface area contributed by atoms with Crippen LogP contribution in [-0.4, -0.2) is 33.3 Å². The van der Waals surface area contributed by atoms with Crippen LogP contribution < -0.4 is 15.4 Å². The number of nitriles is 1. The Labute approximate surface area is 130 Å². The molecule has 0 aliphatic rings. The van der Waals surface area contributed by atoms with E-state index >= 15 is 0 Å². The van der Waals surface area contributed by atoms with Crippen molar-refractivity contribution < 1.29 is 14.3 Å². The van der Waals surface area contributed by atoms with Crippen LogP contribution in [0.2, 0.25) is 0 Å². The number of carbonyl (C=O) groups is 1. The summed E-state index contributed by atoms with van der Waals surface area (Å²) in [7, 11) is 3.15. The molecule has 1 aromatic carbocycles. The van der Waals surface area contributed by atoms with E-state index in [1.807, 2.05) is 19.1 Å². The van der Waals surface area contributed by atoms with Crippen molar-refractivity contribution in [3.05, 3.63) is 35.5 Å². The maximum atomic E-state index is 12.1. The minimum Gasteiger partial charge on any atom is -0.495 e. The Bertz CT molecular complexity index is 576. The van der Waals surface area contributed by atoms with E-state index in [0.717, 1.165) is 12.0 Å². The van der Waals surface area contributed by atoms with Gasteiger partial charge in [-0.2, -0.15) is 5.26 Å². The quantitative estimate of drug-likeness (QED) is 0.436. The maximum absolute atomic E-state index is 12.1. The minimum atomic E-state index is -0.481. The standard InChI is InChI=1S/C16H21N3O3/c1-12-5-6-15(22-3)14(9-12)19-16(20)13(10-17)11-18-7-4-8-21-2/h5-6,9,11,18H,4,7-8H2,1-3H3,(H,19,20)/b13-11-. The number of rotatable bonds is 8. The molecule has 0 unspecified atom stereocenters. The molecule has 0 aromatic heterocycles. The van der Waals surface area contributed by atoms with E-state index in [1.165, 1.54) is 13.3 Å². The zero-order chi connectivity index (χ0) is 16.4. The molecule has 2 N–H and O–H groups in total. The molecule has 0 bridgehead atoms. The Hall–Kier alpha value is -2.52. The molecule has 0 aliphatic carbocycles. The fourth-order valence-corrected chi connectivity index (χ4v) is 1.75. The van der Waals surface area contributed by atoms with Crippen LogP contribution in [0.3, 0.4) is 0 Å². The van der Waals surface area contributed by atoms with E-state index in [2.05, 4.69) is 10.6 Å². The summed E-state index contributed by atoms with van der Waals surface area (Å²) in [5.41, 5.74) is 1.52. The van der Waals surface area contributed by atoms with Crippen molar-refractivity contribution >= 4 is 11.6 Å². The van der Waals surface area contributed by atoms with E-state index < -0.39 is 5.91 Å². The summed E-state index contributed by atoms with van der Waals surface area (Å²) >= 11 is 0. The van der Waals surface area contributed by atoms with Crippen molar-refractivity contribution in [2.75, 3.05) is 32.7 Å². The highest BCUT2D eigenvalue weighted by Crippen LogP contribution is 2.25. The number of carbonyl (C=O) groups excluding carboxylic acids is 1. The molecule has 22 heavy (non-hydrogen) atoms. The number of aryl methyl sites for hydroxylation is 1. The van der Waals surface area contributed by atoms with E-state index in [4.69, 9.17) is 14.7 Å². The van der Waals surface area contributed by atoms with Crippen molar-refractivity contribution in [1.82, 2.24) is 5.32 Å². The molecule has 0 heterocycles. The van der Waals surface area contributed by atoms with E-state index in [1.54, 1.807) is 19.2 Å². The summed E-state index contributed by atoms with van der Waals surface area (Å²) in [5.74, 6) is 0.0648. The van der Waals surface area contributed by atoms with Crippen LogP contribution in [0.5, 0.6) is 5.75 Å². The molecule has 0 aliphatic heterocycles. The van der Waals surface area contributed by atoms with Crippen molar-refractivity contribution in [1.29, 1.82) is 5.26 Å². The molecule has 6 heteroatoms. The van der Waals surface area contributed by atoms with Crippen LogP contribution in [0.25, 0.3) is 0 Å². The Balaban J connectivity index is 2.71. The van der Waals surface area contributed by atoms with Crippen LogP contribution in [0.1, 0.15) is 12.0 Å². The fourth-order valence-electron chi connectivity index (χ4n) is 1.75. The predicted molar refractivity (Wildman–Crippen MR) is 84.6 cm³/mol. The zero-order valence-corrected chi connectivity index (χ0v) is 13.1. The van der Waals surface area contributed by atoms with Crippen LogP contribution in [0.15, 0.2) is 30.0 Å². The fraction of sp³-hybridized carbons (Fsp3) is 0.375. The summed E-state index contributed by atoms with van der Waals surface area (Å²) < 4.78 is 10.1. The Kier molecular flexibility index (Phi) is 7.51. The van der Waals surface area contributed by atoms with Gasteiger partial charge < -0.3 is 20.1 Å². The Morgan fingerprint density at radius 2 is 2.18 bits per heavy atom. The third-order valence-electron chi connectivity index (χ3n) is 2.88. The molecular formula is C16H21N3O3. The highest BCUT2D eigenvalue weighted by Gasteiger charge is 2.12. The predicted octanol–water partition coefficient (Wildman–Crippen LogP) is 1.98. The van der Waals surface area contributed by atoms with E-state index in [9.17, 15) is 4.79 Å². The molecule has 0 radical (unpaired) electrons. The van der Waals surface area contributed by atoms with E-state index in [-0.39, 0.29) is 5.57 Å². The second-order valence-corrected chi connectivity index (χ2v) is 4.63. The molecule has 118 valence electrons. The van der Waals surface area contributed by atoms with Gasteiger partial charge in [-0.1, -0.05) is 6.07 Å². The van der Waals surface area contributed by atoms with Crippen LogP contribution in [0, 0.1) is 18.3 Å². The molecule has 0 fully saturated rings. The molecule has 1 rings (SSSR count). The smallest absolute Gasteiger partial charge is 0.267 e. The van der Waals surface area contributed by atoms with Crippen molar-refractivity contribution in [3.63, 3.8) is 0 Å². The second kappa shape index (κ2) is 9.42. The van der Waals surface area contributed by atoms with Crippen molar-refractivity contribution in [2.45, 2.75) is 13.3 Å². The number of nitrogens with one attached hydrogen (secondary N) is 2. The Morgan fingerprint density at radius 3 is 2.82 bits per heavy atom. The number of benzene rings is 1. The van der Waals surface area contributed by atoms with Crippen molar-refractivity contribution in [2.24, 2.45) is 0 Å². The lowest BCUT2D eigenvalue weighted by Gasteiger charge is -2.10. The Morgan fingerprint density at radius 1 is 1.41 bits per heavy atom. The molecule has 0 spiro atoms. The largest absolute Gasteiger partial charge is 0.495 e. The molecule has 6 nitrogen and oxygen atoms in total. The van der Waals surface area contributed by atoms with Gasteiger partial charge in [0.15, 0.2) is 0 Å². The number of hydrogen-bond donors (Lipinski definition) is 2. The second-order valence-electron chi connectivity index (χ2n) is 4.63. The van der Waals surface area contributed by atoms with Gasteiger partial charge >= 0.3 is 0 Å². The molecule has 1 amide bonds. The van der Waals surface area contributed by atoms with Gasteiger partial charge in [-0.25, -0.2) is 0 Å². The van der Waals surface area contributed by atoms with Gasteiger partial charge in [-0.3, -0.25) is 4.79 Å². The first-order valence-corrected chi connectivity index (χ1v) is 6.91. The number of hydrogen-bond acceptors (Lipinski definition) is 5. The first kappa shape index (κ1) is 17.5. The summed E-state index contributed by atoms with van der Waals surface area (Å²) in [4.78, 5) is 12.1. The van der Waals surface area contributed by atoms with Gasteiger partial charge in [-0.05, 0) is 31.0 Å². The third-order valence-corrected chi connectivity index (χ3v) is 2.88. The first-order valence-electron chi connectivity index (χ1n) is 6.91. The average Bonchev–Trinajstić information content (AvgIpc) is 2.51. The van der Waals surface area contributed by atoms with Gasteiger partial charge in [0, 0.05) is 26.5 Å². The molecular weight excluding hydrogens is 282 g/mol. The highest BCUT2D eigenvalue weighted by atomic mass is 16.5. The normalized spacial score (nSPS) is 10.7. The monoisotopic (exact) mass is 303 g/mol. The summed E-state index contributed by atoms with van der Waals surface area (Å²) in [5, 5.41) is 14.7. The lowest BCUT2D eigenvalue weighted by atomic mass is 10.2. The van der Waals surface area contributed by atoms with Gasteiger partial charge in [0.2, 0.25) is 0 Å². The summed E-state index contributed by atoms with van der Waals surface area (Å²) in [6, 6.07) is 7.32. The number of amides is 1. The topological polar surface area (TPSA) is 83.4 Å². The minimum absolute atomic E-state index is 0.000904. The highest BCUT2D eigenvalue weighted by molar-refractivity contribution is 6.07. The number of ether oxygens (including phenoxy) is 2. The maximum Gasteiger partial charge on any atom is 0.267 e. The molecule has 1 aromatic rings. The lowest BCUT2D eigenvalue weighted by molar-refractivity contribution is -0.112. The average molecular weight is 303 g/mol. The van der Waals surface area contributed by atoms with Gasteiger partial charge in [0.25, 0.3) is 5.91 Å². The van der Waals surface area contributed by atoms with Crippen LogP contribution in [-0.2, 0) is 9.53 Å². The van der Waals surface area contributed by atoms with Crippen LogP contribution >= 0.6 is 0 Å². The number of methoxy groups -OCH3 is 2. The number of anilines is 1. The van der Waals surface area contributed by atoms with E-state index in [0.29, 0.717) is 24.6 Å². The molecule has 0 saturated heterocycles. The van der Waals surface area contributed by atoms with Gasteiger partial charge in [0.05, 0.1) is 12.8 Å².